The molecular formula is C22H25N3O4. The summed E-state index contributed by atoms with van der Waals surface area (Å²) in [5.41, 5.74) is 0.785. The Labute approximate surface area is 170 Å². The van der Waals surface area contributed by atoms with Crippen molar-refractivity contribution in [2.45, 2.75) is 19.1 Å². The molecule has 1 N–H and O–H groups in total. The molecular weight excluding hydrogens is 370 g/mol. The van der Waals surface area contributed by atoms with E-state index in [2.05, 4.69) is 10.2 Å². The van der Waals surface area contributed by atoms with Crippen LogP contribution in [0.3, 0.4) is 0 Å². The zero-order chi connectivity index (χ0) is 20.2. The Morgan fingerprint density at radius 2 is 1.62 bits per heavy atom. The van der Waals surface area contributed by atoms with Crippen molar-refractivity contribution in [3.05, 3.63) is 54.6 Å². The summed E-state index contributed by atoms with van der Waals surface area (Å²) < 4.78 is 11.5. The second-order valence-corrected chi connectivity index (χ2v) is 7.26. The third-order valence-corrected chi connectivity index (χ3v) is 5.38. The lowest BCUT2D eigenvalue weighted by molar-refractivity contribution is -0.143. The number of hydrogen-bond acceptors (Lipinski definition) is 5. The molecule has 152 valence electrons. The Morgan fingerprint density at radius 3 is 2.34 bits per heavy atom. The van der Waals surface area contributed by atoms with E-state index in [-0.39, 0.29) is 24.5 Å². The number of hydrogen-bond donors (Lipinski definition) is 1. The summed E-state index contributed by atoms with van der Waals surface area (Å²) in [4.78, 5) is 29.2. The molecule has 0 spiro atoms. The number of benzene rings is 2. The van der Waals surface area contributed by atoms with Gasteiger partial charge in [-0.15, -0.1) is 0 Å². The minimum Gasteiger partial charge on any atom is -0.485 e. The molecule has 0 bridgehead atoms. The summed E-state index contributed by atoms with van der Waals surface area (Å²) in [7, 11) is 0. The maximum atomic E-state index is 12.8. The van der Waals surface area contributed by atoms with Gasteiger partial charge in [0.2, 0.25) is 12.0 Å². The van der Waals surface area contributed by atoms with Crippen LogP contribution in [0.4, 0.5) is 5.69 Å². The van der Waals surface area contributed by atoms with E-state index in [1.807, 2.05) is 55.5 Å². The van der Waals surface area contributed by atoms with Crippen LogP contribution < -0.4 is 14.8 Å². The molecule has 2 heterocycles. The molecule has 2 aromatic rings. The zero-order valence-corrected chi connectivity index (χ0v) is 16.4. The third kappa shape index (κ3) is 4.35. The molecule has 1 fully saturated rings. The first-order valence-electron chi connectivity index (χ1n) is 9.89. The number of fused-ring (bicyclic) bond motifs is 1. The highest BCUT2D eigenvalue weighted by Crippen LogP contribution is 2.31. The molecule has 29 heavy (non-hydrogen) atoms. The minimum atomic E-state index is -0.629. The molecule has 7 heteroatoms. The topological polar surface area (TPSA) is 71.1 Å². The molecule has 7 nitrogen and oxygen atoms in total. The highest BCUT2D eigenvalue weighted by Gasteiger charge is 2.34. The van der Waals surface area contributed by atoms with Gasteiger partial charge in [0.25, 0.3) is 5.91 Å². The van der Waals surface area contributed by atoms with Crippen LogP contribution in [0.15, 0.2) is 54.6 Å². The second kappa shape index (κ2) is 8.53. The number of amides is 2. The molecule has 2 aromatic carbocycles. The summed E-state index contributed by atoms with van der Waals surface area (Å²) in [5, 5.41) is 2.94. The van der Waals surface area contributed by atoms with Crippen LogP contribution in [-0.4, -0.2) is 66.5 Å². The monoisotopic (exact) mass is 395 g/mol. The van der Waals surface area contributed by atoms with Gasteiger partial charge in [-0.3, -0.25) is 14.5 Å². The standard InChI is InChI=1S/C22H25N3O4/c1-16(21(26)23-17-7-3-2-4-8-17)24-11-13-25(14-12-24)22(27)20-15-28-18-9-5-6-10-19(18)29-20/h2-10,16,20H,11-15H2,1H3,(H,23,26). The van der Waals surface area contributed by atoms with Crippen molar-refractivity contribution in [3.8, 4) is 11.5 Å². The van der Waals surface area contributed by atoms with E-state index in [1.54, 1.807) is 11.0 Å². The number of piperazine rings is 1. The third-order valence-electron chi connectivity index (χ3n) is 5.38. The number of ether oxygens (including phenoxy) is 2. The van der Waals surface area contributed by atoms with Crippen molar-refractivity contribution < 1.29 is 19.1 Å². The van der Waals surface area contributed by atoms with E-state index >= 15 is 0 Å². The predicted octanol–water partition coefficient (Wildman–Crippen LogP) is 2.00. The van der Waals surface area contributed by atoms with E-state index < -0.39 is 6.10 Å². The maximum Gasteiger partial charge on any atom is 0.267 e. The average molecular weight is 395 g/mol. The van der Waals surface area contributed by atoms with Crippen molar-refractivity contribution >= 4 is 17.5 Å². The van der Waals surface area contributed by atoms with Gasteiger partial charge < -0.3 is 19.7 Å². The summed E-state index contributed by atoms with van der Waals surface area (Å²) >= 11 is 0. The van der Waals surface area contributed by atoms with Crippen molar-refractivity contribution in [1.82, 2.24) is 9.80 Å². The number of anilines is 1. The maximum absolute atomic E-state index is 12.8. The second-order valence-electron chi connectivity index (χ2n) is 7.26. The van der Waals surface area contributed by atoms with Gasteiger partial charge in [0.15, 0.2) is 11.5 Å². The largest absolute Gasteiger partial charge is 0.485 e. The summed E-state index contributed by atoms with van der Waals surface area (Å²) in [6.07, 6.45) is -0.629. The van der Waals surface area contributed by atoms with Gasteiger partial charge in [0.05, 0.1) is 6.04 Å². The van der Waals surface area contributed by atoms with E-state index in [0.717, 1.165) is 5.69 Å². The molecule has 4 rings (SSSR count). The van der Waals surface area contributed by atoms with Crippen LogP contribution in [0.25, 0.3) is 0 Å². The van der Waals surface area contributed by atoms with Crippen LogP contribution in [-0.2, 0) is 9.59 Å². The fraction of sp³-hybridized carbons (Fsp3) is 0.364. The number of nitrogens with one attached hydrogen (secondary N) is 1. The number of rotatable bonds is 4. The van der Waals surface area contributed by atoms with Crippen molar-refractivity contribution in [2.24, 2.45) is 0 Å². The molecule has 0 aliphatic carbocycles. The predicted molar refractivity (Wildman–Crippen MR) is 109 cm³/mol. The Bertz CT molecular complexity index is 865. The fourth-order valence-electron chi connectivity index (χ4n) is 3.61. The molecule has 1 saturated heterocycles. The number of para-hydroxylation sites is 3. The quantitative estimate of drug-likeness (QED) is 0.858. The van der Waals surface area contributed by atoms with Crippen LogP contribution in [0.5, 0.6) is 11.5 Å². The van der Waals surface area contributed by atoms with Gasteiger partial charge in [0.1, 0.15) is 6.61 Å². The normalized spacial score (nSPS) is 20.0. The van der Waals surface area contributed by atoms with Crippen LogP contribution in [0.2, 0.25) is 0 Å². The first-order chi connectivity index (χ1) is 14.1. The molecule has 2 aliphatic heterocycles. The highest BCUT2D eigenvalue weighted by molar-refractivity contribution is 5.94. The van der Waals surface area contributed by atoms with E-state index in [0.29, 0.717) is 37.7 Å². The fourth-order valence-corrected chi connectivity index (χ4v) is 3.61. The zero-order valence-electron chi connectivity index (χ0n) is 16.4. The van der Waals surface area contributed by atoms with Gasteiger partial charge in [-0.1, -0.05) is 30.3 Å². The average Bonchev–Trinajstić information content (AvgIpc) is 2.78. The number of nitrogens with zero attached hydrogens (tertiary/aromatic N) is 2. The first-order valence-corrected chi connectivity index (χ1v) is 9.89. The lowest BCUT2D eigenvalue weighted by Gasteiger charge is -2.39. The summed E-state index contributed by atoms with van der Waals surface area (Å²) in [5.74, 6) is 1.15. The lowest BCUT2D eigenvalue weighted by atomic mass is 10.2. The van der Waals surface area contributed by atoms with Crippen molar-refractivity contribution in [2.75, 3.05) is 38.1 Å². The van der Waals surface area contributed by atoms with Gasteiger partial charge in [0, 0.05) is 31.9 Å². The van der Waals surface area contributed by atoms with Gasteiger partial charge in [-0.2, -0.15) is 0 Å². The summed E-state index contributed by atoms with van der Waals surface area (Å²) in [6, 6.07) is 16.5. The molecule has 2 aliphatic rings. The first kappa shape index (κ1) is 19.3. The van der Waals surface area contributed by atoms with Gasteiger partial charge >= 0.3 is 0 Å². The minimum absolute atomic E-state index is 0.0448. The van der Waals surface area contributed by atoms with Crippen LogP contribution >= 0.6 is 0 Å². The molecule has 0 aromatic heterocycles. The molecule has 2 unspecified atom stereocenters. The highest BCUT2D eigenvalue weighted by atomic mass is 16.6. The van der Waals surface area contributed by atoms with Gasteiger partial charge in [-0.25, -0.2) is 0 Å². The summed E-state index contributed by atoms with van der Waals surface area (Å²) in [6.45, 7) is 4.50. The van der Waals surface area contributed by atoms with Crippen LogP contribution in [0, 0.1) is 0 Å². The Morgan fingerprint density at radius 1 is 0.966 bits per heavy atom. The Hall–Kier alpha value is -3.06. The lowest BCUT2D eigenvalue weighted by Crippen LogP contribution is -2.57. The Kier molecular flexibility index (Phi) is 5.67. The van der Waals surface area contributed by atoms with E-state index in [9.17, 15) is 9.59 Å². The van der Waals surface area contributed by atoms with Crippen molar-refractivity contribution in [3.63, 3.8) is 0 Å². The molecule has 2 atom stereocenters. The van der Waals surface area contributed by atoms with Gasteiger partial charge in [-0.05, 0) is 31.2 Å². The van der Waals surface area contributed by atoms with Crippen LogP contribution in [0.1, 0.15) is 6.92 Å². The Balaban J connectivity index is 1.29. The van der Waals surface area contributed by atoms with E-state index in [4.69, 9.17) is 9.47 Å². The molecule has 0 saturated carbocycles. The molecule has 2 amide bonds. The number of carbonyl (C=O) groups excluding carboxylic acids is 2. The SMILES string of the molecule is CC(C(=O)Nc1ccccc1)N1CCN(C(=O)C2COc3ccccc3O2)CC1. The number of carbonyl (C=O) groups is 2. The smallest absolute Gasteiger partial charge is 0.267 e. The molecule has 0 radical (unpaired) electrons. The van der Waals surface area contributed by atoms with E-state index in [1.165, 1.54) is 0 Å². The van der Waals surface area contributed by atoms with Crippen molar-refractivity contribution in [1.29, 1.82) is 0 Å².